The third-order valence-corrected chi connectivity index (χ3v) is 5.77. The van der Waals surface area contributed by atoms with Gasteiger partial charge in [0, 0.05) is 25.2 Å². The summed E-state index contributed by atoms with van der Waals surface area (Å²) in [5.41, 5.74) is 3.93. The molecule has 0 unspecified atom stereocenters. The van der Waals surface area contributed by atoms with Crippen LogP contribution < -0.4 is 10.6 Å². The lowest BCUT2D eigenvalue weighted by Crippen LogP contribution is -2.27. The molecule has 3 N–H and O–H groups in total. The molecule has 6 nitrogen and oxygen atoms in total. The number of anilines is 1. The first-order valence-electron chi connectivity index (χ1n) is 8.59. The molecule has 1 saturated heterocycles. The number of nitrogens with one attached hydrogen (secondary N) is 1. The van der Waals surface area contributed by atoms with Gasteiger partial charge in [0.15, 0.2) is 5.69 Å². The van der Waals surface area contributed by atoms with Gasteiger partial charge in [0.05, 0.1) is 16.2 Å². The zero-order valence-corrected chi connectivity index (χ0v) is 16.3. The van der Waals surface area contributed by atoms with Gasteiger partial charge in [-0.25, -0.2) is 4.98 Å². The number of nitriles is 1. The largest absolute Gasteiger partial charge is 0.434 e. The van der Waals surface area contributed by atoms with E-state index in [2.05, 4.69) is 9.97 Å². The summed E-state index contributed by atoms with van der Waals surface area (Å²) in [5.74, 6) is -0.643. The average molecular weight is 414 g/mol. The quantitative estimate of drug-likeness (QED) is 0.800. The lowest BCUT2D eigenvalue weighted by molar-refractivity contribution is -0.141. The number of alkyl halides is 3. The van der Waals surface area contributed by atoms with E-state index >= 15 is 0 Å². The molecule has 0 spiro atoms. The summed E-state index contributed by atoms with van der Waals surface area (Å²) in [4.78, 5) is 19.7. The number of primary amides is 1. The van der Waals surface area contributed by atoms with Crippen molar-refractivity contribution in [3.05, 3.63) is 22.0 Å². The van der Waals surface area contributed by atoms with Gasteiger partial charge >= 0.3 is 6.18 Å². The average Bonchev–Trinajstić information content (AvgIpc) is 3.00. The number of nitrogens with two attached hydrogens (primary N) is 1. The van der Waals surface area contributed by atoms with Gasteiger partial charge in [-0.05, 0) is 18.3 Å². The van der Waals surface area contributed by atoms with Crippen molar-refractivity contribution < 1.29 is 18.0 Å². The number of pyridine rings is 1. The Morgan fingerprint density at radius 3 is 2.68 bits per heavy atom. The SMILES string of the molecule is Cc1[nH]c2c(N3C[C@@H](CC(N)=O)C(C)(C)C3)c(C#N)c(C(F)(F)F)nc2c1Cl. The smallest absolute Gasteiger partial charge is 0.370 e. The molecular formula is C18H19ClF3N5O. The summed E-state index contributed by atoms with van der Waals surface area (Å²) in [6.45, 7) is 6.10. The van der Waals surface area contributed by atoms with Gasteiger partial charge in [-0.15, -0.1) is 0 Å². The molecule has 1 aliphatic rings. The number of fused-ring (bicyclic) bond motifs is 1. The Hall–Kier alpha value is -2.47. The molecule has 10 heteroatoms. The van der Waals surface area contributed by atoms with Gasteiger partial charge in [0.25, 0.3) is 0 Å². The van der Waals surface area contributed by atoms with Crippen LogP contribution in [0.3, 0.4) is 0 Å². The Balaban J connectivity index is 2.27. The van der Waals surface area contributed by atoms with Crippen molar-refractivity contribution in [2.24, 2.45) is 17.1 Å². The van der Waals surface area contributed by atoms with Gasteiger partial charge in [-0.3, -0.25) is 4.79 Å². The van der Waals surface area contributed by atoms with Crippen LogP contribution in [-0.4, -0.2) is 29.0 Å². The third kappa shape index (κ3) is 3.26. The van der Waals surface area contributed by atoms with E-state index in [1.165, 1.54) is 0 Å². The summed E-state index contributed by atoms with van der Waals surface area (Å²) >= 11 is 6.17. The fourth-order valence-electron chi connectivity index (χ4n) is 3.85. The number of aromatic amines is 1. The van der Waals surface area contributed by atoms with Crippen molar-refractivity contribution in [2.45, 2.75) is 33.4 Å². The van der Waals surface area contributed by atoms with Crippen LogP contribution >= 0.6 is 11.6 Å². The molecule has 3 rings (SSSR count). The maximum Gasteiger partial charge on any atom is 0.434 e. The molecule has 0 aromatic carbocycles. The number of halogens is 4. The van der Waals surface area contributed by atoms with Gasteiger partial charge in [0.1, 0.15) is 17.1 Å². The van der Waals surface area contributed by atoms with Crippen molar-refractivity contribution in [3.63, 3.8) is 0 Å². The van der Waals surface area contributed by atoms with Crippen LogP contribution in [0.15, 0.2) is 0 Å². The van der Waals surface area contributed by atoms with E-state index in [0.29, 0.717) is 12.2 Å². The molecule has 3 heterocycles. The van der Waals surface area contributed by atoms with E-state index in [9.17, 15) is 23.2 Å². The second-order valence-electron chi connectivity index (χ2n) is 7.82. The second-order valence-corrected chi connectivity index (χ2v) is 8.20. The van der Waals surface area contributed by atoms with Crippen molar-refractivity contribution in [3.8, 4) is 6.07 Å². The number of nitrogens with zero attached hydrogens (tertiary/aromatic N) is 3. The molecule has 28 heavy (non-hydrogen) atoms. The van der Waals surface area contributed by atoms with Crippen LogP contribution in [0.4, 0.5) is 18.9 Å². The minimum atomic E-state index is -4.82. The summed E-state index contributed by atoms with van der Waals surface area (Å²) in [6, 6.07) is 1.67. The number of rotatable bonds is 3. The van der Waals surface area contributed by atoms with E-state index in [1.54, 1.807) is 17.9 Å². The molecule has 0 bridgehead atoms. The molecular weight excluding hydrogens is 395 g/mol. The first-order chi connectivity index (χ1) is 12.9. The molecule has 0 aliphatic carbocycles. The van der Waals surface area contributed by atoms with Gasteiger partial charge in [-0.2, -0.15) is 18.4 Å². The van der Waals surface area contributed by atoms with Crippen LogP contribution in [-0.2, 0) is 11.0 Å². The predicted octanol–water partition coefficient (Wildman–Crippen LogP) is 3.75. The van der Waals surface area contributed by atoms with Crippen LogP contribution in [0.5, 0.6) is 0 Å². The van der Waals surface area contributed by atoms with E-state index in [1.807, 2.05) is 13.8 Å². The number of aryl methyl sites for hydroxylation is 1. The summed E-state index contributed by atoms with van der Waals surface area (Å²) in [5, 5.41) is 9.64. The van der Waals surface area contributed by atoms with E-state index in [-0.39, 0.29) is 46.0 Å². The van der Waals surface area contributed by atoms with Crippen molar-refractivity contribution in [1.29, 1.82) is 5.26 Å². The standard InChI is InChI=1S/C18H19ClF3N5O/c1-8-12(19)13-14(25-8)15(10(5-23)16(26-13)18(20,21)22)27-6-9(4-11(24)28)17(2,3)7-27/h9,25H,4,6-7H2,1-3H3,(H2,24,28)/t9-/m1/s1. The normalized spacial score (nSPS) is 19.2. The summed E-state index contributed by atoms with van der Waals surface area (Å²) in [7, 11) is 0. The van der Waals surface area contributed by atoms with Crippen LogP contribution in [0.1, 0.15) is 37.2 Å². The monoisotopic (exact) mass is 413 g/mol. The maximum absolute atomic E-state index is 13.6. The fourth-order valence-corrected chi connectivity index (χ4v) is 4.03. The Bertz CT molecular complexity index is 1010. The van der Waals surface area contributed by atoms with Crippen molar-refractivity contribution in [2.75, 3.05) is 18.0 Å². The number of hydrogen-bond acceptors (Lipinski definition) is 4. The molecule has 150 valence electrons. The highest BCUT2D eigenvalue weighted by molar-refractivity contribution is 6.36. The highest BCUT2D eigenvalue weighted by Gasteiger charge is 2.44. The second kappa shape index (κ2) is 6.55. The molecule has 0 saturated carbocycles. The van der Waals surface area contributed by atoms with Crippen LogP contribution in [0, 0.1) is 29.6 Å². The van der Waals surface area contributed by atoms with Crippen LogP contribution in [0.25, 0.3) is 11.0 Å². The predicted molar refractivity (Wildman–Crippen MR) is 98.9 cm³/mol. The Morgan fingerprint density at radius 1 is 1.50 bits per heavy atom. The number of H-pyrrole nitrogens is 1. The third-order valence-electron chi connectivity index (χ3n) is 5.31. The topological polar surface area (TPSA) is 98.8 Å². The van der Waals surface area contributed by atoms with Crippen LogP contribution in [0.2, 0.25) is 5.02 Å². The number of carbonyl (C=O) groups is 1. The molecule has 1 amide bonds. The first-order valence-corrected chi connectivity index (χ1v) is 8.97. The van der Waals surface area contributed by atoms with Gasteiger partial charge in [-0.1, -0.05) is 25.4 Å². The number of hydrogen-bond donors (Lipinski definition) is 2. The number of carbonyl (C=O) groups excluding carboxylic acids is 1. The molecule has 1 aliphatic heterocycles. The van der Waals surface area contributed by atoms with Crippen molar-refractivity contribution >= 4 is 34.2 Å². The minimum absolute atomic E-state index is 0.0309. The van der Waals surface area contributed by atoms with Crippen molar-refractivity contribution in [1.82, 2.24) is 9.97 Å². The maximum atomic E-state index is 13.6. The van der Waals surface area contributed by atoms with E-state index in [4.69, 9.17) is 17.3 Å². The molecule has 2 aromatic heterocycles. The lowest BCUT2D eigenvalue weighted by atomic mass is 9.80. The van der Waals surface area contributed by atoms with E-state index in [0.717, 1.165) is 0 Å². The molecule has 2 aromatic rings. The first kappa shape index (κ1) is 20.3. The van der Waals surface area contributed by atoms with E-state index < -0.39 is 23.3 Å². The zero-order chi connectivity index (χ0) is 21.0. The Morgan fingerprint density at radius 2 is 2.14 bits per heavy atom. The zero-order valence-electron chi connectivity index (χ0n) is 15.5. The molecule has 1 atom stereocenters. The Kier molecular flexibility index (Phi) is 4.74. The van der Waals surface area contributed by atoms with Gasteiger partial charge in [0.2, 0.25) is 5.91 Å². The minimum Gasteiger partial charge on any atom is -0.370 e. The molecule has 0 radical (unpaired) electrons. The highest BCUT2D eigenvalue weighted by Crippen LogP contribution is 2.46. The highest BCUT2D eigenvalue weighted by atomic mass is 35.5. The lowest BCUT2D eigenvalue weighted by Gasteiger charge is -2.25. The number of amides is 1. The molecule has 1 fully saturated rings. The summed E-state index contributed by atoms with van der Waals surface area (Å²) < 4.78 is 40.9. The Labute approximate surface area is 164 Å². The fraction of sp³-hybridized carbons (Fsp3) is 0.500. The van der Waals surface area contributed by atoms with Gasteiger partial charge < -0.3 is 15.6 Å². The summed E-state index contributed by atoms with van der Waals surface area (Å²) in [6.07, 6.45) is -4.71. The number of aromatic nitrogens is 2.